The first-order valence-electron chi connectivity index (χ1n) is 8.70. The monoisotopic (exact) mass is 342 g/mol. The molecule has 0 bridgehead atoms. The lowest BCUT2D eigenvalue weighted by Gasteiger charge is -2.36. The summed E-state index contributed by atoms with van der Waals surface area (Å²) in [5, 5.41) is 0. The molecular weight excluding hydrogens is 312 g/mol. The fraction of sp³-hybridized carbons (Fsp3) is 0.875. The van der Waals surface area contributed by atoms with Crippen molar-refractivity contribution in [3.63, 3.8) is 0 Å². The standard InChI is InChI=1S/C16H30N4O2S/c1-16(2,3)23-20(15(22)19-12-8-5-9-13-19)17-14(21)18-10-6-4-7-11-18/h4-13H2,1-3H3,(H,17,21). The highest BCUT2D eigenvalue weighted by molar-refractivity contribution is 7.98. The number of carbonyl (C=O) groups excluding carboxylic acids is 2. The molecule has 6 nitrogen and oxygen atoms in total. The van der Waals surface area contributed by atoms with Crippen LogP contribution in [0.25, 0.3) is 0 Å². The van der Waals surface area contributed by atoms with Gasteiger partial charge in [0.05, 0.1) is 0 Å². The topological polar surface area (TPSA) is 55.9 Å². The van der Waals surface area contributed by atoms with Gasteiger partial charge in [-0.3, -0.25) is 0 Å². The summed E-state index contributed by atoms with van der Waals surface area (Å²) >= 11 is 1.38. The molecule has 2 aliphatic rings. The molecule has 0 aromatic carbocycles. The number of rotatable bonds is 1. The zero-order chi connectivity index (χ0) is 16.9. The van der Waals surface area contributed by atoms with Crippen LogP contribution in [0.3, 0.4) is 0 Å². The molecular formula is C16H30N4O2S. The van der Waals surface area contributed by atoms with Gasteiger partial charge in [-0.1, -0.05) is 0 Å². The zero-order valence-corrected chi connectivity index (χ0v) is 15.5. The highest BCUT2D eigenvalue weighted by Gasteiger charge is 2.30. The van der Waals surface area contributed by atoms with Crippen LogP contribution in [0.4, 0.5) is 9.59 Å². The molecule has 2 heterocycles. The molecule has 7 heteroatoms. The first-order chi connectivity index (χ1) is 10.9. The normalized spacial score (nSPS) is 19.4. The van der Waals surface area contributed by atoms with Gasteiger partial charge >= 0.3 is 12.1 Å². The van der Waals surface area contributed by atoms with Crippen molar-refractivity contribution >= 4 is 24.0 Å². The first-order valence-corrected chi connectivity index (χ1v) is 9.48. The molecule has 0 aromatic rings. The lowest BCUT2D eigenvalue weighted by Crippen LogP contribution is -2.54. The lowest BCUT2D eigenvalue weighted by molar-refractivity contribution is 0.145. The van der Waals surface area contributed by atoms with E-state index in [-0.39, 0.29) is 16.8 Å². The van der Waals surface area contributed by atoms with Gasteiger partial charge in [-0.2, -0.15) is 4.41 Å². The Morgan fingerprint density at radius 2 is 1.35 bits per heavy atom. The van der Waals surface area contributed by atoms with Gasteiger partial charge in [0.15, 0.2) is 0 Å². The Morgan fingerprint density at radius 1 is 0.870 bits per heavy atom. The molecule has 0 unspecified atom stereocenters. The summed E-state index contributed by atoms with van der Waals surface area (Å²) in [6.07, 6.45) is 6.52. The van der Waals surface area contributed by atoms with Crippen molar-refractivity contribution in [1.29, 1.82) is 0 Å². The van der Waals surface area contributed by atoms with Gasteiger partial charge in [0, 0.05) is 30.9 Å². The van der Waals surface area contributed by atoms with Crippen molar-refractivity contribution in [1.82, 2.24) is 19.6 Å². The molecule has 0 aliphatic carbocycles. The quantitative estimate of drug-likeness (QED) is 0.586. The molecule has 2 aliphatic heterocycles. The van der Waals surface area contributed by atoms with E-state index >= 15 is 0 Å². The zero-order valence-electron chi connectivity index (χ0n) is 14.6. The van der Waals surface area contributed by atoms with Crippen molar-refractivity contribution in [3.05, 3.63) is 0 Å². The van der Waals surface area contributed by atoms with E-state index in [4.69, 9.17) is 0 Å². The summed E-state index contributed by atoms with van der Waals surface area (Å²) < 4.78 is 1.29. The number of urea groups is 2. The minimum atomic E-state index is -0.160. The Hall–Kier alpha value is -1.11. The average molecular weight is 343 g/mol. The summed E-state index contributed by atoms with van der Waals surface area (Å²) in [7, 11) is 0. The molecule has 4 amide bonds. The SMILES string of the molecule is CC(C)(C)SN(NC(=O)N1CCCCC1)C(=O)N1CCCCC1. The van der Waals surface area contributed by atoms with Gasteiger partial charge in [-0.25, -0.2) is 15.0 Å². The third-order valence-electron chi connectivity index (χ3n) is 4.01. The number of carbonyl (C=O) groups is 2. The third kappa shape index (κ3) is 5.79. The summed E-state index contributed by atoms with van der Waals surface area (Å²) in [5.74, 6) is 0. The van der Waals surface area contributed by atoms with E-state index < -0.39 is 0 Å². The van der Waals surface area contributed by atoms with Gasteiger partial charge < -0.3 is 9.80 Å². The van der Waals surface area contributed by atoms with E-state index in [1.54, 1.807) is 0 Å². The smallest absolute Gasteiger partial charge is 0.323 e. The second-order valence-electron chi connectivity index (χ2n) is 7.29. The average Bonchev–Trinajstić information content (AvgIpc) is 2.54. The third-order valence-corrected chi connectivity index (χ3v) is 4.98. The van der Waals surface area contributed by atoms with Crippen molar-refractivity contribution in [2.75, 3.05) is 26.2 Å². The molecule has 2 fully saturated rings. The van der Waals surface area contributed by atoms with E-state index in [1.165, 1.54) is 29.2 Å². The molecule has 0 atom stereocenters. The molecule has 2 rings (SSSR count). The highest BCUT2D eigenvalue weighted by Crippen LogP contribution is 2.28. The maximum absolute atomic E-state index is 12.8. The van der Waals surface area contributed by atoms with Crippen LogP contribution in [0, 0.1) is 0 Å². The fourth-order valence-corrected chi connectivity index (χ4v) is 3.72. The maximum atomic E-state index is 12.8. The fourth-order valence-electron chi connectivity index (χ4n) is 2.85. The molecule has 0 aromatic heterocycles. The van der Waals surface area contributed by atoms with Gasteiger partial charge in [-0.05, 0) is 71.2 Å². The molecule has 2 saturated heterocycles. The largest absolute Gasteiger partial charge is 0.349 e. The number of hydrogen-bond donors (Lipinski definition) is 1. The van der Waals surface area contributed by atoms with Crippen LogP contribution in [0.1, 0.15) is 59.3 Å². The summed E-state index contributed by atoms with van der Waals surface area (Å²) in [4.78, 5) is 28.9. The summed E-state index contributed by atoms with van der Waals surface area (Å²) in [6.45, 7) is 9.23. The molecule has 23 heavy (non-hydrogen) atoms. The van der Waals surface area contributed by atoms with Gasteiger partial charge in [0.2, 0.25) is 0 Å². The Bertz CT molecular complexity index is 413. The number of hydrazine groups is 1. The van der Waals surface area contributed by atoms with E-state index in [9.17, 15) is 9.59 Å². The van der Waals surface area contributed by atoms with Crippen LogP contribution in [0.15, 0.2) is 0 Å². The predicted octanol–water partition coefficient (Wildman–Crippen LogP) is 3.45. The molecule has 0 saturated carbocycles. The molecule has 132 valence electrons. The highest BCUT2D eigenvalue weighted by atomic mass is 32.2. The second-order valence-corrected chi connectivity index (χ2v) is 9.07. The van der Waals surface area contributed by atoms with E-state index in [0.717, 1.165) is 51.9 Å². The molecule has 1 N–H and O–H groups in total. The van der Waals surface area contributed by atoms with E-state index in [0.29, 0.717) is 0 Å². The Balaban J connectivity index is 2.00. The predicted molar refractivity (Wildman–Crippen MR) is 94.0 cm³/mol. The molecule has 0 radical (unpaired) electrons. The van der Waals surface area contributed by atoms with Crippen LogP contribution in [0.2, 0.25) is 0 Å². The van der Waals surface area contributed by atoms with Crippen molar-refractivity contribution in [2.24, 2.45) is 0 Å². The number of likely N-dealkylation sites (tertiary alicyclic amines) is 2. The maximum Gasteiger partial charge on any atom is 0.349 e. The second kappa shape index (κ2) is 8.13. The summed E-state index contributed by atoms with van der Waals surface area (Å²) in [5.41, 5.74) is 2.83. The van der Waals surface area contributed by atoms with Gasteiger partial charge in [0.1, 0.15) is 0 Å². The number of hydrogen-bond acceptors (Lipinski definition) is 3. The minimum absolute atomic E-state index is 0.102. The van der Waals surface area contributed by atoms with Crippen LogP contribution in [-0.4, -0.2) is 57.2 Å². The Labute approximate surface area is 144 Å². The van der Waals surface area contributed by atoms with Crippen molar-refractivity contribution in [3.8, 4) is 0 Å². The lowest BCUT2D eigenvalue weighted by atomic mass is 10.1. The molecule has 0 spiro atoms. The van der Waals surface area contributed by atoms with Crippen molar-refractivity contribution < 1.29 is 9.59 Å². The van der Waals surface area contributed by atoms with Crippen LogP contribution < -0.4 is 5.43 Å². The summed E-state index contributed by atoms with van der Waals surface area (Å²) in [6, 6.07) is -0.262. The van der Waals surface area contributed by atoms with Crippen LogP contribution in [-0.2, 0) is 0 Å². The first kappa shape index (κ1) is 18.2. The van der Waals surface area contributed by atoms with Crippen LogP contribution in [0.5, 0.6) is 0 Å². The van der Waals surface area contributed by atoms with E-state index in [2.05, 4.69) is 5.43 Å². The Morgan fingerprint density at radius 3 is 1.83 bits per heavy atom. The van der Waals surface area contributed by atoms with Crippen molar-refractivity contribution in [2.45, 2.75) is 64.0 Å². The minimum Gasteiger partial charge on any atom is -0.323 e. The van der Waals surface area contributed by atoms with Gasteiger partial charge in [-0.15, -0.1) is 0 Å². The van der Waals surface area contributed by atoms with E-state index in [1.807, 2.05) is 30.6 Å². The van der Waals surface area contributed by atoms with Crippen LogP contribution >= 0.6 is 11.9 Å². The number of amides is 4. The Kier molecular flexibility index (Phi) is 6.44. The number of piperidine rings is 2. The number of nitrogens with one attached hydrogen (secondary N) is 1. The number of nitrogens with zero attached hydrogens (tertiary/aromatic N) is 3. The van der Waals surface area contributed by atoms with Gasteiger partial charge in [0.25, 0.3) is 0 Å².